The van der Waals surface area contributed by atoms with Crippen molar-refractivity contribution in [3.05, 3.63) is 66.0 Å². The van der Waals surface area contributed by atoms with Crippen LogP contribution in [-0.4, -0.2) is 62.5 Å². The lowest BCUT2D eigenvalue weighted by molar-refractivity contribution is -0.231. The molecule has 2 aromatic rings. The molecule has 1 saturated heterocycles. The highest BCUT2D eigenvalue weighted by Crippen LogP contribution is 2.35. The third-order valence-electron chi connectivity index (χ3n) is 5.37. The van der Waals surface area contributed by atoms with Crippen molar-refractivity contribution in [3.63, 3.8) is 0 Å². The van der Waals surface area contributed by atoms with Gasteiger partial charge in [0, 0.05) is 23.9 Å². The Morgan fingerprint density at radius 2 is 1.93 bits per heavy atom. The van der Waals surface area contributed by atoms with Gasteiger partial charge in [-0.1, -0.05) is 24.3 Å². The van der Waals surface area contributed by atoms with E-state index in [1.54, 1.807) is 18.3 Å². The second-order valence-corrected chi connectivity index (χ2v) is 7.20. The summed E-state index contributed by atoms with van der Waals surface area (Å²) in [6.07, 6.45) is -1.24. The largest absolute Gasteiger partial charge is 0.394 e. The summed E-state index contributed by atoms with van der Waals surface area (Å²) in [7, 11) is 0. The van der Waals surface area contributed by atoms with Crippen LogP contribution in [0.25, 0.3) is 11.1 Å². The maximum Gasteiger partial charge on any atom is 0.111 e. The average molecular weight is 396 g/mol. The molecular weight excluding hydrogens is 372 g/mol. The van der Waals surface area contributed by atoms with E-state index in [1.807, 2.05) is 25.1 Å². The molecule has 0 radical (unpaired) electrons. The number of aliphatic hydroxyl groups excluding tert-OH is 4. The van der Waals surface area contributed by atoms with Crippen LogP contribution in [0, 0.1) is 18.3 Å². The molecule has 1 aromatic carbocycles. The van der Waals surface area contributed by atoms with Gasteiger partial charge in [-0.3, -0.25) is 4.98 Å². The molecule has 0 amide bonds. The van der Waals surface area contributed by atoms with Crippen molar-refractivity contribution in [1.82, 2.24) is 4.98 Å². The first-order chi connectivity index (χ1) is 13.9. The fourth-order valence-corrected chi connectivity index (χ4v) is 3.75. The summed E-state index contributed by atoms with van der Waals surface area (Å²) in [5.41, 5.74) is 3.88. The first kappa shape index (κ1) is 21.1. The molecule has 0 unspecified atom stereocenters. The normalized spacial score (nSPS) is 27.8. The highest BCUT2D eigenvalue weighted by atomic mass is 16.5. The van der Waals surface area contributed by atoms with E-state index in [1.165, 1.54) is 6.20 Å². The number of hydrogen-bond acceptors (Lipinski definition) is 7. The fraction of sp³-hybridized carbons (Fsp3) is 0.364. The van der Waals surface area contributed by atoms with Gasteiger partial charge >= 0.3 is 0 Å². The van der Waals surface area contributed by atoms with Gasteiger partial charge in [-0.25, -0.2) is 0 Å². The summed E-state index contributed by atoms with van der Waals surface area (Å²) in [6, 6.07) is 9.51. The molecule has 1 fully saturated rings. The van der Waals surface area contributed by atoms with E-state index in [-0.39, 0.29) is 0 Å². The molecular formula is C22H24N2O5. The van der Waals surface area contributed by atoms with E-state index in [0.717, 1.165) is 22.3 Å². The highest BCUT2D eigenvalue weighted by Gasteiger charge is 2.46. The number of nitrogens with zero attached hydrogens (tertiary/aromatic N) is 2. The zero-order chi connectivity index (χ0) is 21.1. The van der Waals surface area contributed by atoms with Crippen molar-refractivity contribution in [2.24, 2.45) is 0 Å². The lowest BCUT2D eigenvalue weighted by atomic mass is 9.82. The number of rotatable bonds is 5. The summed E-state index contributed by atoms with van der Waals surface area (Å²) in [5.74, 6) is -0.473. The SMILES string of the molecule is C=C[C@H](c1ccc(-c2cncc(C#N)c2)cc1C)[C@H]1O[C@H](CO)[C@@H](O)[C@H](O)[C@@H]1O. The van der Waals surface area contributed by atoms with Crippen LogP contribution in [0.3, 0.4) is 0 Å². The van der Waals surface area contributed by atoms with Crippen LogP contribution < -0.4 is 0 Å². The molecule has 3 rings (SSSR count). The second kappa shape index (κ2) is 8.82. The average Bonchev–Trinajstić information content (AvgIpc) is 2.75. The molecule has 152 valence electrons. The van der Waals surface area contributed by atoms with Crippen molar-refractivity contribution < 1.29 is 25.2 Å². The van der Waals surface area contributed by atoms with E-state index >= 15 is 0 Å². The van der Waals surface area contributed by atoms with Crippen LogP contribution in [-0.2, 0) is 4.74 Å². The first-order valence-corrected chi connectivity index (χ1v) is 9.30. The van der Waals surface area contributed by atoms with Gasteiger partial charge in [0.15, 0.2) is 0 Å². The van der Waals surface area contributed by atoms with E-state index in [0.29, 0.717) is 5.56 Å². The Balaban J connectivity index is 1.94. The topological polar surface area (TPSA) is 127 Å². The minimum absolute atomic E-state index is 0.467. The van der Waals surface area contributed by atoms with Gasteiger partial charge in [-0.15, -0.1) is 6.58 Å². The summed E-state index contributed by atoms with van der Waals surface area (Å²) in [4.78, 5) is 4.08. The molecule has 6 atom stereocenters. The molecule has 0 spiro atoms. The molecule has 7 nitrogen and oxygen atoms in total. The van der Waals surface area contributed by atoms with Crippen molar-refractivity contribution in [2.45, 2.75) is 43.4 Å². The van der Waals surface area contributed by atoms with Crippen molar-refractivity contribution in [3.8, 4) is 17.2 Å². The molecule has 1 aromatic heterocycles. The van der Waals surface area contributed by atoms with E-state index in [2.05, 4.69) is 17.6 Å². The molecule has 4 N–H and O–H groups in total. The Labute approximate surface area is 169 Å². The van der Waals surface area contributed by atoms with Gasteiger partial charge in [0.25, 0.3) is 0 Å². The predicted octanol–water partition coefficient (Wildman–Crippen LogP) is 1.04. The summed E-state index contributed by atoms with van der Waals surface area (Å²) < 4.78 is 5.71. The standard InChI is InChI=1S/C22H24N2O5/c1-3-16(22-21(28)20(27)19(26)18(11-25)29-22)17-5-4-14(6-12(17)2)15-7-13(8-23)9-24-10-15/h3-7,9-10,16,18-22,25-28H,1,11H2,2H3/t16-,18-,19-,20+,21+,22-/m1/s1. The minimum atomic E-state index is -1.44. The zero-order valence-electron chi connectivity index (χ0n) is 16.0. The van der Waals surface area contributed by atoms with Crippen LogP contribution in [0.2, 0.25) is 0 Å². The Kier molecular flexibility index (Phi) is 6.42. The number of pyridine rings is 1. The lowest BCUT2D eigenvalue weighted by Crippen LogP contribution is -2.59. The van der Waals surface area contributed by atoms with E-state index in [4.69, 9.17) is 10.00 Å². The summed E-state index contributed by atoms with van der Waals surface area (Å²) >= 11 is 0. The van der Waals surface area contributed by atoms with Crippen LogP contribution in [0.5, 0.6) is 0 Å². The molecule has 7 heteroatoms. The van der Waals surface area contributed by atoms with Crippen molar-refractivity contribution in [2.75, 3.05) is 6.61 Å². The van der Waals surface area contributed by atoms with Gasteiger partial charge in [0.2, 0.25) is 0 Å². The number of benzene rings is 1. The monoisotopic (exact) mass is 396 g/mol. The molecule has 2 heterocycles. The Bertz CT molecular complexity index is 924. The van der Waals surface area contributed by atoms with Gasteiger partial charge in [0.05, 0.1) is 18.3 Å². The second-order valence-electron chi connectivity index (χ2n) is 7.20. The smallest absolute Gasteiger partial charge is 0.111 e. The number of ether oxygens (including phenoxy) is 1. The van der Waals surface area contributed by atoms with Gasteiger partial charge in [-0.2, -0.15) is 5.26 Å². The first-order valence-electron chi connectivity index (χ1n) is 9.30. The van der Waals surface area contributed by atoms with Crippen LogP contribution in [0.4, 0.5) is 0 Å². The van der Waals surface area contributed by atoms with Crippen molar-refractivity contribution in [1.29, 1.82) is 5.26 Å². The number of nitriles is 1. The fourth-order valence-electron chi connectivity index (χ4n) is 3.75. The Morgan fingerprint density at radius 1 is 1.17 bits per heavy atom. The van der Waals surface area contributed by atoms with E-state index < -0.39 is 43.0 Å². The quantitative estimate of drug-likeness (QED) is 0.556. The number of hydrogen-bond donors (Lipinski definition) is 4. The van der Waals surface area contributed by atoms with Gasteiger partial charge in [0.1, 0.15) is 30.5 Å². The molecule has 0 saturated carbocycles. The maximum atomic E-state index is 10.5. The Hall–Kier alpha value is -2.60. The minimum Gasteiger partial charge on any atom is -0.394 e. The number of aromatic nitrogens is 1. The predicted molar refractivity (Wildman–Crippen MR) is 106 cm³/mol. The Morgan fingerprint density at radius 3 is 2.55 bits per heavy atom. The number of aliphatic hydroxyl groups is 4. The van der Waals surface area contributed by atoms with Crippen LogP contribution in [0.15, 0.2) is 49.3 Å². The lowest BCUT2D eigenvalue weighted by Gasteiger charge is -2.43. The third kappa shape index (κ3) is 4.08. The summed E-state index contributed by atoms with van der Waals surface area (Å²) in [5, 5.41) is 49.1. The molecule has 0 bridgehead atoms. The van der Waals surface area contributed by atoms with E-state index in [9.17, 15) is 20.4 Å². The van der Waals surface area contributed by atoms with Crippen LogP contribution >= 0.6 is 0 Å². The molecule has 0 aliphatic carbocycles. The third-order valence-corrected chi connectivity index (χ3v) is 5.37. The van der Waals surface area contributed by atoms with Gasteiger partial charge < -0.3 is 25.2 Å². The maximum absolute atomic E-state index is 10.5. The molecule has 29 heavy (non-hydrogen) atoms. The zero-order valence-corrected chi connectivity index (χ0v) is 16.0. The van der Waals surface area contributed by atoms with Crippen molar-refractivity contribution >= 4 is 0 Å². The van der Waals surface area contributed by atoms with Crippen LogP contribution in [0.1, 0.15) is 22.6 Å². The molecule has 1 aliphatic rings. The summed E-state index contributed by atoms with van der Waals surface area (Å²) in [6.45, 7) is 5.27. The highest BCUT2D eigenvalue weighted by molar-refractivity contribution is 5.65. The number of aryl methyl sites for hydroxylation is 1. The molecule has 1 aliphatic heterocycles. The van der Waals surface area contributed by atoms with Gasteiger partial charge in [-0.05, 0) is 29.7 Å².